The number of hydrogen-bond acceptors (Lipinski definition) is 5. The lowest BCUT2D eigenvalue weighted by Crippen LogP contribution is -2.38. The molecule has 2 rings (SSSR count). The summed E-state index contributed by atoms with van der Waals surface area (Å²) in [5, 5.41) is 11.1. The third-order valence-electron chi connectivity index (χ3n) is 3.62. The molecule has 6 nitrogen and oxygen atoms in total. The third kappa shape index (κ3) is 4.86. The predicted molar refractivity (Wildman–Crippen MR) is 93.9 cm³/mol. The fourth-order valence-electron chi connectivity index (χ4n) is 2.11. The lowest BCUT2D eigenvalue weighted by molar-refractivity contribution is -0.120. The van der Waals surface area contributed by atoms with Crippen LogP contribution >= 0.6 is 11.5 Å². The smallest absolute Gasteiger partial charge is 0.251 e. The molecule has 0 radical (unpaired) electrons. The van der Waals surface area contributed by atoms with Crippen molar-refractivity contribution in [1.29, 1.82) is 0 Å². The Hall–Kier alpha value is -2.28. The standard InChI is InChI=1S/C17H22N4O2S/c1-11(14-10-24-21-20-14)19-15(22)9-18-16(23)12-5-7-13(8-6-12)17(2,3)4/h5-8,10-11H,9H2,1-4H3,(H,18,23)(H,19,22). The van der Waals surface area contributed by atoms with Crippen molar-refractivity contribution in [2.45, 2.75) is 39.2 Å². The average Bonchev–Trinajstić information content (AvgIpc) is 3.06. The van der Waals surface area contributed by atoms with Crippen LogP contribution in [0.3, 0.4) is 0 Å². The number of hydrogen-bond donors (Lipinski definition) is 2. The van der Waals surface area contributed by atoms with Crippen LogP contribution in [0.4, 0.5) is 0 Å². The molecule has 1 atom stereocenters. The summed E-state index contributed by atoms with van der Waals surface area (Å²) >= 11 is 1.23. The van der Waals surface area contributed by atoms with E-state index in [2.05, 4.69) is 41.0 Å². The van der Waals surface area contributed by atoms with Crippen LogP contribution in [0.15, 0.2) is 29.6 Å². The average molecular weight is 346 g/mol. The summed E-state index contributed by atoms with van der Waals surface area (Å²) in [6, 6.07) is 7.19. The van der Waals surface area contributed by atoms with Crippen molar-refractivity contribution in [3.63, 3.8) is 0 Å². The van der Waals surface area contributed by atoms with E-state index in [4.69, 9.17) is 0 Å². The molecule has 1 unspecified atom stereocenters. The first-order valence-corrected chi connectivity index (χ1v) is 8.56. The van der Waals surface area contributed by atoms with Crippen LogP contribution in [-0.4, -0.2) is 27.9 Å². The van der Waals surface area contributed by atoms with Gasteiger partial charge in [0.25, 0.3) is 5.91 Å². The number of aromatic nitrogens is 2. The van der Waals surface area contributed by atoms with Gasteiger partial charge < -0.3 is 10.6 Å². The molecule has 2 aromatic rings. The van der Waals surface area contributed by atoms with Crippen molar-refractivity contribution in [1.82, 2.24) is 20.2 Å². The Labute approximate surface area is 145 Å². The van der Waals surface area contributed by atoms with Crippen molar-refractivity contribution in [3.05, 3.63) is 46.5 Å². The van der Waals surface area contributed by atoms with Gasteiger partial charge in [-0.3, -0.25) is 9.59 Å². The van der Waals surface area contributed by atoms with Gasteiger partial charge in [0.15, 0.2) is 0 Å². The molecule has 2 N–H and O–H groups in total. The van der Waals surface area contributed by atoms with E-state index < -0.39 is 0 Å². The van der Waals surface area contributed by atoms with Crippen LogP contribution < -0.4 is 10.6 Å². The van der Waals surface area contributed by atoms with E-state index in [1.54, 1.807) is 17.5 Å². The van der Waals surface area contributed by atoms with Gasteiger partial charge in [0.2, 0.25) is 5.91 Å². The largest absolute Gasteiger partial charge is 0.346 e. The number of amides is 2. The first-order valence-electron chi connectivity index (χ1n) is 7.72. The fourth-order valence-corrected chi connectivity index (χ4v) is 2.66. The van der Waals surface area contributed by atoms with Gasteiger partial charge in [0.05, 0.1) is 18.3 Å². The van der Waals surface area contributed by atoms with Crippen LogP contribution in [0.25, 0.3) is 0 Å². The summed E-state index contributed by atoms with van der Waals surface area (Å²) in [4.78, 5) is 24.0. The minimum atomic E-state index is -0.270. The molecule has 7 heteroatoms. The summed E-state index contributed by atoms with van der Waals surface area (Å²) in [5.41, 5.74) is 2.43. The van der Waals surface area contributed by atoms with E-state index in [1.807, 2.05) is 19.1 Å². The van der Waals surface area contributed by atoms with Gasteiger partial charge in [-0.1, -0.05) is 37.4 Å². The van der Waals surface area contributed by atoms with Gasteiger partial charge >= 0.3 is 0 Å². The molecule has 1 aromatic carbocycles. The molecule has 0 saturated heterocycles. The van der Waals surface area contributed by atoms with Gasteiger partial charge in [-0.2, -0.15) is 0 Å². The van der Waals surface area contributed by atoms with Crippen LogP contribution in [0.1, 0.15) is 55.4 Å². The van der Waals surface area contributed by atoms with Crippen LogP contribution in [-0.2, 0) is 10.2 Å². The topological polar surface area (TPSA) is 84.0 Å². The zero-order chi connectivity index (χ0) is 17.7. The van der Waals surface area contributed by atoms with Crippen LogP contribution in [0, 0.1) is 0 Å². The Morgan fingerprint density at radius 2 is 1.88 bits per heavy atom. The predicted octanol–water partition coefficient (Wildman–Crippen LogP) is 2.44. The number of carbonyl (C=O) groups is 2. The van der Waals surface area contributed by atoms with E-state index in [0.29, 0.717) is 11.3 Å². The zero-order valence-corrected chi connectivity index (χ0v) is 15.1. The molecule has 1 heterocycles. The Morgan fingerprint density at radius 3 is 2.42 bits per heavy atom. The number of rotatable bonds is 5. The molecule has 24 heavy (non-hydrogen) atoms. The second-order valence-electron chi connectivity index (χ2n) is 6.63. The number of nitrogens with zero attached hydrogens (tertiary/aromatic N) is 2. The zero-order valence-electron chi connectivity index (χ0n) is 14.3. The number of carbonyl (C=O) groups excluding carboxylic acids is 2. The van der Waals surface area contributed by atoms with Crippen molar-refractivity contribution in [2.24, 2.45) is 0 Å². The Morgan fingerprint density at radius 1 is 1.21 bits per heavy atom. The maximum absolute atomic E-state index is 12.1. The van der Waals surface area contributed by atoms with E-state index in [9.17, 15) is 9.59 Å². The molecule has 0 fully saturated rings. The summed E-state index contributed by atoms with van der Waals surface area (Å²) in [6.45, 7) is 8.09. The Kier molecular flexibility index (Phi) is 5.66. The van der Waals surface area contributed by atoms with Gasteiger partial charge in [0, 0.05) is 10.9 Å². The minimum absolute atomic E-state index is 0.0373. The first-order chi connectivity index (χ1) is 11.3. The monoisotopic (exact) mass is 346 g/mol. The Bertz CT molecular complexity index is 690. The van der Waals surface area contributed by atoms with Gasteiger partial charge in [-0.25, -0.2) is 0 Å². The van der Waals surface area contributed by atoms with Gasteiger partial charge in [-0.05, 0) is 41.6 Å². The summed E-state index contributed by atoms with van der Waals surface area (Å²) in [6.07, 6.45) is 0. The highest BCUT2D eigenvalue weighted by Gasteiger charge is 2.15. The highest BCUT2D eigenvalue weighted by molar-refractivity contribution is 7.03. The molecule has 0 saturated carbocycles. The maximum atomic E-state index is 12.1. The lowest BCUT2D eigenvalue weighted by Gasteiger charge is -2.19. The first kappa shape index (κ1) is 18.1. The highest BCUT2D eigenvalue weighted by atomic mass is 32.1. The summed E-state index contributed by atoms with van der Waals surface area (Å²) in [7, 11) is 0. The van der Waals surface area contributed by atoms with Gasteiger partial charge in [-0.15, -0.1) is 5.10 Å². The molecule has 0 aliphatic heterocycles. The second kappa shape index (κ2) is 7.53. The van der Waals surface area contributed by atoms with E-state index >= 15 is 0 Å². The number of benzene rings is 1. The third-order valence-corrected chi connectivity index (χ3v) is 4.14. The Balaban J connectivity index is 1.85. The second-order valence-corrected chi connectivity index (χ2v) is 7.24. The quantitative estimate of drug-likeness (QED) is 0.871. The van der Waals surface area contributed by atoms with E-state index in [-0.39, 0.29) is 29.8 Å². The van der Waals surface area contributed by atoms with E-state index in [1.165, 1.54) is 11.5 Å². The van der Waals surface area contributed by atoms with Crippen molar-refractivity contribution in [3.8, 4) is 0 Å². The van der Waals surface area contributed by atoms with E-state index in [0.717, 1.165) is 5.56 Å². The number of nitrogens with one attached hydrogen (secondary N) is 2. The van der Waals surface area contributed by atoms with Crippen molar-refractivity contribution >= 4 is 23.3 Å². The van der Waals surface area contributed by atoms with Crippen LogP contribution in [0.2, 0.25) is 0 Å². The molecule has 0 bridgehead atoms. The minimum Gasteiger partial charge on any atom is -0.346 e. The fraction of sp³-hybridized carbons (Fsp3) is 0.412. The highest BCUT2D eigenvalue weighted by Crippen LogP contribution is 2.22. The molecule has 2 amide bonds. The summed E-state index contributed by atoms with van der Waals surface area (Å²) < 4.78 is 3.76. The molecule has 128 valence electrons. The van der Waals surface area contributed by atoms with Crippen LogP contribution in [0.5, 0.6) is 0 Å². The molecule has 0 aliphatic carbocycles. The molecule has 0 aliphatic rings. The summed E-state index contributed by atoms with van der Waals surface area (Å²) in [5.74, 6) is -0.538. The lowest BCUT2D eigenvalue weighted by atomic mass is 9.87. The molecular formula is C17H22N4O2S. The van der Waals surface area contributed by atoms with Gasteiger partial charge in [0.1, 0.15) is 0 Å². The maximum Gasteiger partial charge on any atom is 0.251 e. The molecule has 1 aromatic heterocycles. The van der Waals surface area contributed by atoms with Crippen molar-refractivity contribution in [2.75, 3.05) is 6.54 Å². The normalized spacial score (nSPS) is 12.5. The SMILES string of the molecule is CC(NC(=O)CNC(=O)c1ccc(C(C)(C)C)cc1)c1csnn1. The molecular weight excluding hydrogens is 324 g/mol. The molecule has 0 spiro atoms. The van der Waals surface area contributed by atoms with Crippen molar-refractivity contribution < 1.29 is 9.59 Å².